The van der Waals surface area contributed by atoms with Crippen LogP contribution >= 0.6 is 11.6 Å². The predicted molar refractivity (Wildman–Crippen MR) is 157 cm³/mol. The molecule has 0 aromatic heterocycles. The highest BCUT2D eigenvalue weighted by Gasteiger charge is 2.70. The molecular formula is C33H27ClFN3O7. The molecular weight excluding hydrogens is 605 g/mol. The van der Waals surface area contributed by atoms with Gasteiger partial charge in [-0.15, -0.1) is 0 Å². The van der Waals surface area contributed by atoms with Crippen molar-refractivity contribution in [2.45, 2.75) is 24.2 Å². The van der Waals surface area contributed by atoms with Crippen LogP contribution in [-0.2, 0) is 24.6 Å². The van der Waals surface area contributed by atoms with Crippen LogP contribution in [0, 0.1) is 29.5 Å². The van der Waals surface area contributed by atoms with Gasteiger partial charge in [-0.25, -0.2) is 4.39 Å². The van der Waals surface area contributed by atoms with Crippen LogP contribution in [0.15, 0.2) is 78.4 Å². The highest BCUT2D eigenvalue weighted by molar-refractivity contribution is 6.30. The van der Waals surface area contributed by atoms with Gasteiger partial charge in [0.15, 0.2) is 11.5 Å². The zero-order valence-corrected chi connectivity index (χ0v) is 24.6. The molecule has 2 saturated heterocycles. The van der Waals surface area contributed by atoms with Gasteiger partial charge in [0.25, 0.3) is 23.6 Å². The second-order valence-electron chi connectivity index (χ2n) is 11.8. The standard InChI is InChI=1S/C33H27ClFN3O7/c1-45-26-13-2-16(14-25(26)39)28-21-11-12-22-27(31(42)38(44)29(22)40)23(21)15-24-30(41)37(36-20-9-7-19(35)8-10-20)32(43)33(24,28)17-3-5-18(34)6-4-17/h2-11,13-14,22-24,27-28,36,39,44H,12,15H2,1H3. The highest BCUT2D eigenvalue weighted by atomic mass is 35.5. The first-order chi connectivity index (χ1) is 21.6. The van der Waals surface area contributed by atoms with Crippen molar-refractivity contribution in [3.05, 3.63) is 100 Å². The predicted octanol–water partition coefficient (Wildman–Crippen LogP) is 4.57. The Morgan fingerprint density at radius 1 is 0.956 bits per heavy atom. The number of halogens is 2. The Kier molecular flexibility index (Phi) is 6.72. The summed E-state index contributed by atoms with van der Waals surface area (Å²) in [5, 5.41) is 22.7. The van der Waals surface area contributed by atoms with E-state index in [1.807, 2.05) is 6.08 Å². The maximum absolute atomic E-state index is 14.9. The van der Waals surface area contributed by atoms with Crippen LogP contribution < -0.4 is 10.2 Å². The number of carbonyl (C=O) groups excluding carboxylic acids is 4. The van der Waals surface area contributed by atoms with Gasteiger partial charge in [0.1, 0.15) is 5.82 Å². The molecule has 3 aromatic rings. The fourth-order valence-electron chi connectivity index (χ4n) is 7.90. The van der Waals surface area contributed by atoms with E-state index in [1.165, 1.54) is 37.4 Å². The van der Waals surface area contributed by atoms with Crippen molar-refractivity contribution in [3.63, 3.8) is 0 Å². The van der Waals surface area contributed by atoms with Crippen LogP contribution in [-0.4, -0.2) is 51.1 Å². The van der Waals surface area contributed by atoms with Crippen LogP contribution in [0.1, 0.15) is 29.9 Å². The van der Waals surface area contributed by atoms with E-state index in [2.05, 4.69) is 5.43 Å². The summed E-state index contributed by atoms with van der Waals surface area (Å²) in [6.07, 6.45) is 1.98. The first kappa shape index (κ1) is 29.0. The monoisotopic (exact) mass is 631 g/mol. The molecule has 12 heteroatoms. The molecule has 0 spiro atoms. The van der Waals surface area contributed by atoms with Crippen molar-refractivity contribution in [1.29, 1.82) is 0 Å². The van der Waals surface area contributed by atoms with Crippen molar-refractivity contribution in [1.82, 2.24) is 10.1 Å². The topological polar surface area (TPSA) is 136 Å². The van der Waals surface area contributed by atoms with Crippen LogP contribution in [0.3, 0.4) is 0 Å². The van der Waals surface area contributed by atoms with Crippen molar-refractivity contribution >= 4 is 40.9 Å². The maximum atomic E-state index is 14.9. The Hall–Kier alpha value is -4.74. The quantitative estimate of drug-likeness (QED) is 0.212. The molecule has 0 radical (unpaired) electrons. The van der Waals surface area contributed by atoms with Gasteiger partial charge in [-0.1, -0.05) is 41.4 Å². The summed E-state index contributed by atoms with van der Waals surface area (Å²) in [6, 6.07) is 16.5. The zero-order chi connectivity index (χ0) is 31.8. The Bertz CT molecular complexity index is 1800. The average molecular weight is 632 g/mol. The molecule has 3 fully saturated rings. The van der Waals surface area contributed by atoms with Gasteiger partial charge in [-0.2, -0.15) is 10.1 Å². The van der Waals surface area contributed by atoms with Gasteiger partial charge in [0, 0.05) is 10.9 Å². The Labute approximate surface area is 261 Å². The van der Waals surface area contributed by atoms with E-state index in [1.54, 1.807) is 36.4 Å². The minimum absolute atomic E-state index is 0.0211. The van der Waals surface area contributed by atoms with E-state index >= 15 is 0 Å². The Morgan fingerprint density at radius 3 is 2.33 bits per heavy atom. The molecule has 4 aliphatic rings. The number of allylic oxidation sites excluding steroid dienone is 2. The van der Waals surface area contributed by atoms with Crippen molar-refractivity contribution in [3.8, 4) is 11.5 Å². The number of fused-ring (bicyclic) bond motifs is 4. The number of rotatable bonds is 5. The number of nitrogens with one attached hydrogen (secondary N) is 1. The smallest absolute Gasteiger partial charge is 0.260 e. The molecule has 230 valence electrons. The van der Waals surface area contributed by atoms with Crippen LogP contribution in [0.2, 0.25) is 5.02 Å². The van der Waals surface area contributed by atoms with Crippen molar-refractivity contribution in [2.24, 2.45) is 23.7 Å². The third kappa shape index (κ3) is 4.10. The van der Waals surface area contributed by atoms with E-state index in [0.29, 0.717) is 27.4 Å². The Balaban J connectivity index is 1.47. The minimum atomic E-state index is -1.59. The lowest BCUT2D eigenvalue weighted by Gasteiger charge is -2.50. The summed E-state index contributed by atoms with van der Waals surface area (Å²) < 4.78 is 19.0. The summed E-state index contributed by atoms with van der Waals surface area (Å²) >= 11 is 6.27. The van der Waals surface area contributed by atoms with Gasteiger partial charge in [0.05, 0.1) is 36.0 Å². The molecule has 10 nitrogen and oxygen atoms in total. The summed E-state index contributed by atoms with van der Waals surface area (Å²) in [4.78, 5) is 55.5. The number of anilines is 1. The lowest BCUT2D eigenvalue weighted by molar-refractivity contribution is -0.173. The third-order valence-corrected chi connectivity index (χ3v) is 10.0. The third-order valence-electron chi connectivity index (χ3n) is 9.77. The number of methoxy groups -OCH3 is 1. The number of hydroxylamine groups is 2. The molecule has 1 saturated carbocycles. The number of hydrogen-bond donors (Lipinski definition) is 3. The summed E-state index contributed by atoms with van der Waals surface area (Å²) in [5.41, 5.74) is 3.18. The first-order valence-electron chi connectivity index (χ1n) is 14.4. The van der Waals surface area contributed by atoms with E-state index in [4.69, 9.17) is 16.3 Å². The fourth-order valence-corrected chi connectivity index (χ4v) is 8.03. The van der Waals surface area contributed by atoms with E-state index in [-0.39, 0.29) is 29.4 Å². The summed E-state index contributed by atoms with van der Waals surface area (Å²) in [6.45, 7) is 0. The number of ether oxygens (including phenoxy) is 1. The van der Waals surface area contributed by atoms with Crippen LogP contribution in [0.4, 0.5) is 10.1 Å². The van der Waals surface area contributed by atoms with Crippen LogP contribution in [0.5, 0.6) is 11.5 Å². The van der Waals surface area contributed by atoms with Gasteiger partial charge in [-0.3, -0.25) is 29.8 Å². The van der Waals surface area contributed by atoms with E-state index in [0.717, 1.165) is 5.01 Å². The molecule has 6 unspecified atom stereocenters. The van der Waals surface area contributed by atoms with Crippen LogP contribution in [0.25, 0.3) is 0 Å². The van der Waals surface area contributed by atoms with Gasteiger partial charge in [0.2, 0.25) is 0 Å². The molecule has 2 aliphatic carbocycles. The van der Waals surface area contributed by atoms with E-state index in [9.17, 15) is 33.9 Å². The minimum Gasteiger partial charge on any atom is -0.504 e. The molecule has 4 amide bonds. The second kappa shape index (κ2) is 10.4. The second-order valence-corrected chi connectivity index (χ2v) is 12.2. The number of carbonyl (C=O) groups is 4. The number of amides is 4. The lowest BCUT2D eigenvalue weighted by atomic mass is 9.49. The largest absolute Gasteiger partial charge is 0.504 e. The number of benzene rings is 3. The van der Waals surface area contributed by atoms with E-state index < -0.39 is 64.5 Å². The molecule has 3 aromatic carbocycles. The summed E-state index contributed by atoms with van der Waals surface area (Å²) in [7, 11) is 1.40. The molecule has 45 heavy (non-hydrogen) atoms. The fraction of sp³-hybridized carbons (Fsp3) is 0.273. The number of phenols is 1. The number of nitrogens with zero attached hydrogens (tertiary/aromatic N) is 2. The molecule has 2 aliphatic heterocycles. The van der Waals surface area contributed by atoms with Gasteiger partial charge in [-0.05, 0) is 78.4 Å². The van der Waals surface area contributed by atoms with Crippen molar-refractivity contribution in [2.75, 3.05) is 12.5 Å². The zero-order valence-electron chi connectivity index (χ0n) is 23.8. The highest BCUT2D eigenvalue weighted by Crippen LogP contribution is 2.64. The first-order valence-corrected chi connectivity index (χ1v) is 14.8. The number of phenolic OH excluding ortho intramolecular Hbond substituents is 1. The molecule has 6 atom stereocenters. The molecule has 0 bridgehead atoms. The number of aromatic hydroxyl groups is 1. The molecule has 7 rings (SSSR count). The number of imide groups is 2. The maximum Gasteiger partial charge on any atom is 0.260 e. The average Bonchev–Trinajstić information content (AvgIpc) is 3.38. The summed E-state index contributed by atoms with van der Waals surface area (Å²) in [5.74, 6) is -7.52. The number of hydrazine groups is 1. The van der Waals surface area contributed by atoms with Gasteiger partial charge >= 0.3 is 0 Å². The van der Waals surface area contributed by atoms with Gasteiger partial charge < -0.3 is 9.84 Å². The SMILES string of the molecule is COc1ccc(C2C3=CCC4C(=O)N(O)C(=O)C4C3CC3C(=O)N(Nc4ccc(F)cc4)C(=O)C32c2ccc(Cl)cc2)cc1O. The Morgan fingerprint density at radius 2 is 1.67 bits per heavy atom. The number of hydrogen-bond acceptors (Lipinski definition) is 8. The molecule has 2 heterocycles. The molecule has 3 N–H and O–H groups in total. The normalized spacial score (nSPS) is 28.9. The van der Waals surface area contributed by atoms with Crippen molar-refractivity contribution < 1.29 is 38.6 Å². The lowest BCUT2D eigenvalue weighted by Crippen LogP contribution is -2.53.